The van der Waals surface area contributed by atoms with Gasteiger partial charge in [0.15, 0.2) is 11.6 Å². The number of benzene rings is 1. The van der Waals surface area contributed by atoms with Crippen LogP contribution in [0.5, 0.6) is 0 Å². The van der Waals surface area contributed by atoms with Gasteiger partial charge in [0.2, 0.25) is 11.8 Å². The highest BCUT2D eigenvalue weighted by Crippen LogP contribution is 2.31. The van der Waals surface area contributed by atoms with Crippen LogP contribution in [-0.4, -0.2) is 73.6 Å². The summed E-state index contributed by atoms with van der Waals surface area (Å²) in [5, 5.41) is 10.1. The molecule has 35 heavy (non-hydrogen) atoms. The molecule has 3 N–H and O–H groups in total. The maximum absolute atomic E-state index is 15.1. The van der Waals surface area contributed by atoms with E-state index in [1.54, 1.807) is 13.0 Å². The Balaban J connectivity index is 1.41. The van der Waals surface area contributed by atoms with E-state index in [4.69, 9.17) is 9.26 Å². The number of hydrogen-bond donors (Lipinski definition) is 3. The third-order valence-corrected chi connectivity index (χ3v) is 5.46. The summed E-state index contributed by atoms with van der Waals surface area (Å²) in [7, 11) is 0. The minimum absolute atomic E-state index is 0.00961. The van der Waals surface area contributed by atoms with E-state index in [1.165, 1.54) is 16.8 Å². The second-order valence-corrected chi connectivity index (χ2v) is 8.12. The average Bonchev–Trinajstić information content (AvgIpc) is 3.28. The number of urea groups is 1. The number of cyclic esters (lactones) is 1. The maximum atomic E-state index is 15.1. The minimum atomic E-state index is -0.854. The Morgan fingerprint density at radius 3 is 2.60 bits per heavy atom. The van der Waals surface area contributed by atoms with Crippen molar-refractivity contribution in [2.24, 2.45) is 0 Å². The summed E-state index contributed by atoms with van der Waals surface area (Å²) in [6.07, 6.45) is -1.39. The fraction of sp³-hybridized carbons (Fsp3) is 0.429. The zero-order chi connectivity index (χ0) is 25.1. The number of nitrogens with zero attached hydrogens (tertiary/aromatic N) is 4. The van der Waals surface area contributed by atoms with Crippen LogP contribution in [0.4, 0.5) is 35.6 Å². The van der Waals surface area contributed by atoms with Crippen LogP contribution in [0.3, 0.4) is 0 Å². The number of anilines is 3. The number of ether oxygens (including phenoxy) is 1. The van der Waals surface area contributed by atoms with Crippen LogP contribution in [0.15, 0.2) is 22.7 Å². The number of hydrazine groups is 1. The third-order valence-electron chi connectivity index (χ3n) is 5.46. The van der Waals surface area contributed by atoms with Crippen molar-refractivity contribution in [1.82, 2.24) is 20.9 Å². The van der Waals surface area contributed by atoms with Crippen LogP contribution in [0, 0.1) is 18.6 Å². The standard InChI is InChI=1S/C21H25F2N7O5/c1-12-7-18(35-27-12)26-20(32)30-6-5-28(4-3-25-30)19-16(22)8-14(9-17(19)23)29-11-15(34-21(29)33)10-24-13(2)31/h7-9,15,25H,3-6,10-11H2,1-2H3,(H,24,31)(H,26,32)/t15-/m0/s1. The molecule has 2 saturated heterocycles. The average molecular weight is 493 g/mol. The van der Waals surface area contributed by atoms with Gasteiger partial charge in [-0.1, -0.05) is 5.16 Å². The molecular formula is C21H25F2N7O5. The summed E-state index contributed by atoms with van der Waals surface area (Å²) in [6.45, 7) is 3.93. The van der Waals surface area contributed by atoms with Gasteiger partial charge in [0.1, 0.15) is 11.8 Å². The molecule has 188 valence electrons. The van der Waals surface area contributed by atoms with Gasteiger partial charge in [-0.2, -0.15) is 0 Å². The quantitative estimate of drug-likeness (QED) is 0.572. The first-order valence-corrected chi connectivity index (χ1v) is 10.9. The lowest BCUT2D eigenvalue weighted by Gasteiger charge is -2.25. The number of carbonyl (C=O) groups excluding carboxylic acids is 3. The summed E-state index contributed by atoms with van der Waals surface area (Å²) in [5.41, 5.74) is 3.26. The molecule has 2 aliphatic heterocycles. The topological polar surface area (TPSA) is 132 Å². The van der Waals surface area contributed by atoms with Gasteiger partial charge in [0.05, 0.1) is 31.0 Å². The monoisotopic (exact) mass is 493 g/mol. The second-order valence-electron chi connectivity index (χ2n) is 8.12. The lowest BCUT2D eigenvalue weighted by atomic mass is 10.2. The number of nitrogens with one attached hydrogen (secondary N) is 3. The molecule has 0 unspecified atom stereocenters. The van der Waals surface area contributed by atoms with E-state index in [-0.39, 0.29) is 62.4 Å². The number of carbonyl (C=O) groups is 3. The first kappa shape index (κ1) is 24.2. The molecule has 0 aliphatic carbocycles. The molecule has 2 fully saturated rings. The van der Waals surface area contributed by atoms with E-state index >= 15 is 8.78 Å². The van der Waals surface area contributed by atoms with Crippen molar-refractivity contribution >= 4 is 35.3 Å². The second kappa shape index (κ2) is 10.1. The van der Waals surface area contributed by atoms with Crippen molar-refractivity contribution < 1.29 is 32.4 Å². The molecule has 12 nitrogen and oxygen atoms in total. The molecule has 2 aromatic rings. The van der Waals surface area contributed by atoms with Gasteiger partial charge in [-0.15, -0.1) is 0 Å². The fourth-order valence-corrected chi connectivity index (χ4v) is 3.83. The van der Waals surface area contributed by atoms with Crippen molar-refractivity contribution in [3.05, 3.63) is 35.5 Å². The van der Waals surface area contributed by atoms with E-state index in [2.05, 4.69) is 21.2 Å². The van der Waals surface area contributed by atoms with Crippen molar-refractivity contribution in [2.75, 3.05) is 54.4 Å². The zero-order valence-electron chi connectivity index (χ0n) is 19.1. The fourth-order valence-electron chi connectivity index (χ4n) is 3.83. The van der Waals surface area contributed by atoms with Crippen LogP contribution in [0.1, 0.15) is 12.6 Å². The number of aryl methyl sites for hydroxylation is 1. The summed E-state index contributed by atoms with van der Waals surface area (Å²) in [4.78, 5) is 38.3. The minimum Gasteiger partial charge on any atom is -0.442 e. The highest BCUT2D eigenvalue weighted by Gasteiger charge is 2.34. The molecular weight excluding hydrogens is 468 g/mol. The Bertz CT molecular complexity index is 1100. The van der Waals surface area contributed by atoms with Gasteiger partial charge >= 0.3 is 12.1 Å². The molecule has 0 bridgehead atoms. The molecule has 0 spiro atoms. The molecule has 0 saturated carbocycles. The van der Waals surface area contributed by atoms with Crippen molar-refractivity contribution in [2.45, 2.75) is 20.0 Å². The highest BCUT2D eigenvalue weighted by molar-refractivity contribution is 5.90. The number of aromatic nitrogens is 1. The molecule has 1 aromatic heterocycles. The Labute approximate surface area is 199 Å². The molecule has 14 heteroatoms. The largest absolute Gasteiger partial charge is 0.442 e. The Kier molecular flexibility index (Phi) is 7.00. The molecule has 4 rings (SSSR count). The number of rotatable bonds is 5. The van der Waals surface area contributed by atoms with Crippen LogP contribution < -0.4 is 25.9 Å². The predicted molar refractivity (Wildman–Crippen MR) is 120 cm³/mol. The Hall–Kier alpha value is -3.94. The molecule has 1 atom stereocenters. The van der Waals surface area contributed by atoms with E-state index in [1.807, 2.05) is 0 Å². The lowest BCUT2D eigenvalue weighted by Crippen LogP contribution is -2.45. The third kappa shape index (κ3) is 5.59. The number of hydrogen-bond acceptors (Lipinski definition) is 8. The summed E-state index contributed by atoms with van der Waals surface area (Å²) in [6, 6.07) is 3.19. The van der Waals surface area contributed by atoms with Gasteiger partial charge in [-0.25, -0.2) is 23.8 Å². The zero-order valence-corrected chi connectivity index (χ0v) is 19.1. The molecule has 1 aromatic carbocycles. The van der Waals surface area contributed by atoms with Gasteiger partial charge in [0, 0.05) is 44.8 Å². The summed E-state index contributed by atoms with van der Waals surface area (Å²) in [5.74, 6) is -1.80. The first-order valence-electron chi connectivity index (χ1n) is 10.9. The van der Waals surface area contributed by atoms with Crippen LogP contribution in [0.25, 0.3) is 0 Å². The van der Waals surface area contributed by atoms with Crippen LogP contribution in [-0.2, 0) is 9.53 Å². The van der Waals surface area contributed by atoms with E-state index < -0.39 is 29.9 Å². The highest BCUT2D eigenvalue weighted by atomic mass is 19.1. The van der Waals surface area contributed by atoms with E-state index in [0.29, 0.717) is 5.69 Å². The number of amides is 4. The molecule has 4 amide bonds. The SMILES string of the molecule is CC(=O)NC[C@H]1CN(c2cc(F)c(N3CCNN(C(=O)Nc4cc(C)no4)CC3)c(F)c2)C(=O)O1. The van der Waals surface area contributed by atoms with E-state index in [9.17, 15) is 14.4 Å². The van der Waals surface area contributed by atoms with Gasteiger partial charge in [-0.05, 0) is 6.92 Å². The van der Waals surface area contributed by atoms with Crippen LogP contribution in [0.2, 0.25) is 0 Å². The van der Waals surface area contributed by atoms with Crippen molar-refractivity contribution in [1.29, 1.82) is 0 Å². The molecule has 2 aliphatic rings. The van der Waals surface area contributed by atoms with Gasteiger partial charge < -0.3 is 19.5 Å². The summed E-state index contributed by atoms with van der Waals surface area (Å²) < 4.78 is 40.2. The predicted octanol–water partition coefficient (Wildman–Crippen LogP) is 1.58. The lowest BCUT2D eigenvalue weighted by molar-refractivity contribution is -0.119. The molecule has 0 radical (unpaired) electrons. The normalized spacial score (nSPS) is 18.3. The van der Waals surface area contributed by atoms with Crippen molar-refractivity contribution in [3.63, 3.8) is 0 Å². The maximum Gasteiger partial charge on any atom is 0.414 e. The van der Waals surface area contributed by atoms with Gasteiger partial charge in [-0.3, -0.25) is 20.0 Å². The Morgan fingerprint density at radius 1 is 1.20 bits per heavy atom. The molecule has 3 heterocycles. The number of halogens is 2. The van der Waals surface area contributed by atoms with Crippen LogP contribution >= 0.6 is 0 Å². The van der Waals surface area contributed by atoms with Crippen molar-refractivity contribution in [3.8, 4) is 0 Å². The van der Waals surface area contributed by atoms with E-state index in [0.717, 1.165) is 17.0 Å². The van der Waals surface area contributed by atoms with Gasteiger partial charge in [0.25, 0.3) is 0 Å². The summed E-state index contributed by atoms with van der Waals surface area (Å²) >= 11 is 0. The Morgan fingerprint density at radius 2 is 1.94 bits per heavy atom. The first-order chi connectivity index (χ1) is 16.7. The smallest absolute Gasteiger partial charge is 0.414 e.